The summed E-state index contributed by atoms with van der Waals surface area (Å²) in [5, 5.41) is 13.0. The van der Waals surface area contributed by atoms with Gasteiger partial charge < -0.3 is 14.6 Å². The van der Waals surface area contributed by atoms with Crippen LogP contribution in [0.3, 0.4) is 0 Å². The molecule has 0 aromatic heterocycles. The van der Waals surface area contributed by atoms with E-state index in [1.807, 2.05) is 55.5 Å². The number of nitrogens with zero attached hydrogens (tertiary/aromatic N) is 2. The summed E-state index contributed by atoms with van der Waals surface area (Å²) in [6.45, 7) is 1.95. The van der Waals surface area contributed by atoms with E-state index in [9.17, 15) is 19.5 Å². The predicted molar refractivity (Wildman–Crippen MR) is 197 cm³/mol. The number of phenolic OH excluding ortho intramolecular Hbond substituents is 1. The van der Waals surface area contributed by atoms with Crippen molar-refractivity contribution in [3.8, 4) is 17.2 Å². The highest BCUT2D eigenvalue weighted by Crippen LogP contribution is 2.66. The number of carbonyl (C=O) groups is 4. The molecule has 2 aliphatic heterocycles. The summed E-state index contributed by atoms with van der Waals surface area (Å²) in [5.41, 5.74) is 5.15. The molecule has 3 fully saturated rings. The van der Waals surface area contributed by atoms with Crippen LogP contribution in [0.5, 0.6) is 17.2 Å². The molecule has 2 saturated heterocycles. The molecule has 4 amide bonds. The van der Waals surface area contributed by atoms with Gasteiger partial charge in [0, 0.05) is 28.1 Å². The number of fused-ring (bicyclic) bond motifs is 4. The van der Waals surface area contributed by atoms with Crippen LogP contribution in [0.25, 0.3) is 0 Å². The van der Waals surface area contributed by atoms with Crippen molar-refractivity contribution >= 4 is 50.9 Å². The van der Waals surface area contributed by atoms with Crippen molar-refractivity contribution in [1.82, 2.24) is 5.01 Å². The molecule has 6 atom stereocenters. The quantitative estimate of drug-likeness (QED) is 0.158. The number of hydrogen-bond acceptors (Lipinski definition) is 8. The Bertz CT molecular complexity index is 2150. The van der Waals surface area contributed by atoms with E-state index >= 15 is 4.79 Å². The normalized spacial score (nSPS) is 26.5. The number of methoxy groups -OCH3 is 2. The van der Waals surface area contributed by atoms with E-state index in [1.54, 1.807) is 42.5 Å². The maximum absolute atomic E-state index is 15.4. The zero-order valence-electron chi connectivity index (χ0n) is 28.7. The fourth-order valence-electron chi connectivity index (χ4n) is 9.07. The van der Waals surface area contributed by atoms with Gasteiger partial charge in [-0.1, -0.05) is 75.6 Å². The van der Waals surface area contributed by atoms with E-state index in [0.717, 1.165) is 15.0 Å². The second-order valence-electron chi connectivity index (χ2n) is 13.8. The van der Waals surface area contributed by atoms with Gasteiger partial charge in [-0.3, -0.25) is 29.5 Å². The summed E-state index contributed by atoms with van der Waals surface area (Å²) in [7, 11) is 2.95. The van der Waals surface area contributed by atoms with E-state index in [4.69, 9.17) is 9.47 Å². The number of nitrogens with one attached hydrogen (secondary N) is 1. The van der Waals surface area contributed by atoms with Crippen LogP contribution in [0.15, 0.2) is 107 Å². The first-order valence-corrected chi connectivity index (χ1v) is 17.9. The van der Waals surface area contributed by atoms with Gasteiger partial charge in [-0.25, -0.2) is 0 Å². The Kier molecular flexibility index (Phi) is 8.21. The Morgan fingerprint density at radius 3 is 2.23 bits per heavy atom. The van der Waals surface area contributed by atoms with Crippen molar-refractivity contribution in [2.75, 3.05) is 24.5 Å². The standard InChI is InChI=1S/C41H36BrN3O7/c1-22-9-13-25(14-10-22)43-45-38(48)31-21-30-28(17-18-29-34(30)39(49)44(37(29)47)26-15-11-24(42)12-16-26)36(35-32(46)19-27(51-2)20-33(35)52-3)41(31,40(45)50)23-7-5-4-6-8-23/h4-17,19-20,29-31,34,36,43,46H,18,21H2,1-3H3/t29-,30+,31-,34-,36+,41+/m0/s1. The molecule has 10 nitrogen and oxygen atoms in total. The fraction of sp³-hybridized carbons (Fsp3) is 0.268. The molecule has 0 spiro atoms. The van der Waals surface area contributed by atoms with Crippen LogP contribution in [0.1, 0.15) is 35.4 Å². The van der Waals surface area contributed by atoms with Gasteiger partial charge in [-0.15, -0.1) is 0 Å². The number of aryl methyl sites for hydroxylation is 1. The third-order valence-electron chi connectivity index (χ3n) is 11.3. The number of hydrogen-bond donors (Lipinski definition) is 2. The third kappa shape index (κ3) is 4.89. The number of hydrazine groups is 1. The summed E-state index contributed by atoms with van der Waals surface area (Å²) in [4.78, 5) is 60.1. The van der Waals surface area contributed by atoms with Crippen molar-refractivity contribution in [3.05, 3.63) is 124 Å². The lowest BCUT2D eigenvalue weighted by atomic mass is 9.49. The minimum atomic E-state index is -1.57. The highest BCUT2D eigenvalue weighted by atomic mass is 79.9. The number of carbonyl (C=O) groups excluding carboxylic acids is 4. The third-order valence-corrected chi connectivity index (χ3v) is 11.8. The van der Waals surface area contributed by atoms with Crippen LogP contribution >= 0.6 is 15.9 Å². The Hall–Kier alpha value is -5.42. The minimum Gasteiger partial charge on any atom is -0.507 e. The van der Waals surface area contributed by atoms with Crippen LogP contribution in [0, 0.1) is 30.6 Å². The average molecular weight is 763 g/mol. The number of halogens is 1. The first-order chi connectivity index (χ1) is 25.1. The van der Waals surface area contributed by atoms with Gasteiger partial charge in [0.2, 0.25) is 11.8 Å². The van der Waals surface area contributed by atoms with Gasteiger partial charge in [0.05, 0.1) is 48.8 Å². The molecule has 0 bridgehead atoms. The minimum absolute atomic E-state index is 0.126. The van der Waals surface area contributed by atoms with Crippen LogP contribution in [0.2, 0.25) is 0 Å². The molecule has 4 aromatic carbocycles. The maximum atomic E-state index is 15.4. The van der Waals surface area contributed by atoms with Gasteiger partial charge in [0.25, 0.3) is 11.8 Å². The van der Waals surface area contributed by atoms with Crippen LogP contribution < -0.4 is 19.8 Å². The van der Waals surface area contributed by atoms with Crippen molar-refractivity contribution in [2.45, 2.75) is 31.1 Å². The molecule has 2 heterocycles. The summed E-state index contributed by atoms with van der Waals surface area (Å²) >= 11 is 3.43. The number of aromatic hydroxyl groups is 1. The van der Waals surface area contributed by atoms with Crippen LogP contribution in [0.4, 0.5) is 11.4 Å². The van der Waals surface area contributed by atoms with Crippen molar-refractivity contribution in [1.29, 1.82) is 0 Å². The lowest BCUT2D eigenvalue weighted by molar-refractivity contribution is -0.138. The Balaban J connectivity index is 1.35. The molecular weight excluding hydrogens is 726 g/mol. The monoisotopic (exact) mass is 761 g/mol. The molecule has 0 unspecified atom stereocenters. The van der Waals surface area contributed by atoms with E-state index in [2.05, 4.69) is 21.4 Å². The average Bonchev–Trinajstić information content (AvgIpc) is 3.53. The summed E-state index contributed by atoms with van der Waals surface area (Å²) in [5.74, 6) is -5.20. The molecule has 8 rings (SSSR count). The lowest BCUT2D eigenvalue weighted by Gasteiger charge is -2.50. The maximum Gasteiger partial charge on any atom is 0.260 e. The van der Waals surface area contributed by atoms with Crippen LogP contribution in [-0.2, 0) is 24.6 Å². The summed E-state index contributed by atoms with van der Waals surface area (Å²) in [6, 6.07) is 26.6. The first kappa shape index (κ1) is 33.7. The molecular formula is C41H36BrN3O7. The van der Waals surface area contributed by atoms with Gasteiger partial charge in [0.15, 0.2) is 0 Å². The molecule has 11 heteroatoms. The number of phenols is 1. The highest BCUT2D eigenvalue weighted by molar-refractivity contribution is 9.10. The molecule has 2 N–H and O–H groups in total. The molecule has 2 aliphatic carbocycles. The molecule has 4 aromatic rings. The molecule has 0 radical (unpaired) electrons. The second-order valence-corrected chi connectivity index (χ2v) is 14.8. The number of ether oxygens (including phenoxy) is 2. The second kappa shape index (κ2) is 12.7. The van der Waals surface area contributed by atoms with Gasteiger partial charge in [0.1, 0.15) is 17.2 Å². The number of benzene rings is 4. The topological polar surface area (TPSA) is 125 Å². The lowest BCUT2D eigenvalue weighted by Crippen LogP contribution is -2.53. The summed E-state index contributed by atoms with van der Waals surface area (Å²) < 4.78 is 12.2. The van der Waals surface area contributed by atoms with Crippen molar-refractivity contribution in [3.63, 3.8) is 0 Å². The molecule has 1 saturated carbocycles. The zero-order valence-corrected chi connectivity index (χ0v) is 30.3. The van der Waals surface area contributed by atoms with Crippen molar-refractivity contribution in [2.24, 2.45) is 23.7 Å². The predicted octanol–water partition coefficient (Wildman–Crippen LogP) is 6.67. The van der Waals surface area contributed by atoms with Gasteiger partial charge >= 0.3 is 0 Å². The molecule has 264 valence electrons. The smallest absolute Gasteiger partial charge is 0.260 e. The Labute approximate surface area is 309 Å². The highest BCUT2D eigenvalue weighted by Gasteiger charge is 2.71. The van der Waals surface area contributed by atoms with E-state index in [1.165, 1.54) is 25.2 Å². The summed E-state index contributed by atoms with van der Waals surface area (Å²) in [6.07, 6.45) is 2.32. The van der Waals surface area contributed by atoms with E-state index < -0.39 is 46.8 Å². The SMILES string of the molecule is COc1cc(O)c([C@H]2C3=CC[C@@H]4C(=O)N(c5ccc(Br)cc5)C(=O)[C@@H]4[C@@H]3C[C@H]3C(=O)N(Nc4ccc(C)cc4)C(=O)[C@@]23c2ccccc2)c(OC)c1. The number of amides is 4. The van der Waals surface area contributed by atoms with Gasteiger partial charge in [-0.2, -0.15) is 5.01 Å². The Morgan fingerprint density at radius 2 is 1.56 bits per heavy atom. The molecule has 52 heavy (non-hydrogen) atoms. The van der Waals surface area contributed by atoms with Crippen LogP contribution in [-0.4, -0.2) is 48.0 Å². The van der Waals surface area contributed by atoms with E-state index in [0.29, 0.717) is 33.8 Å². The molecule has 4 aliphatic rings. The fourth-order valence-corrected chi connectivity index (χ4v) is 9.33. The largest absolute Gasteiger partial charge is 0.507 e. The Morgan fingerprint density at radius 1 is 0.846 bits per heavy atom. The number of imide groups is 2. The first-order valence-electron chi connectivity index (χ1n) is 17.2. The van der Waals surface area contributed by atoms with Gasteiger partial charge in [-0.05, 0) is 67.6 Å². The van der Waals surface area contributed by atoms with Crippen molar-refractivity contribution < 1.29 is 33.8 Å². The number of rotatable bonds is 7. The zero-order chi connectivity index (χ0) is 36.5. The number of allylic oxidation sites excluding steroid dienone is 2. The number of anilines is 2. The van der Waals surface area contributed by atoms with E-state index in [-0.39, 0.29) is 36.2 Å².